The van der Waals surface area contributed by atoms with Gasteiger partial charge >= 0.3 is 6.16 Å². The first-order chi connectivity index (χ1) is 7.43. The van der Waals surface area contributed by atoms with E-state index in [-0.39, 0.29) is 6.61 Å². The zero-order chi connectivity index (χ0) is 12.2. The van der Waals surface area contributed by atoms with Crippen molar-refractivity contribution in [1.82, 2.24) is 0 Å². The molecule has 1 aromatic rings. The first-order valence-corrected chi connectivity index (χ1v) is 4.80. The fraction of sp³-hybridized carbons (Fsp3) is 0.364. The van der Waals surface area contributed by atoms with Crippen LogP contribution < -0.4 is 10.5 Å². The van der Waals surface area contributed by atoms with E-state index in [4.69, 9.17) is 20.3 Å². The predicted octanol–water partition coefficient (Wildman–Crippen LogP) is 1.56. The smallest absolute Gasteiger partial charge is 0.426 e. The van der Waals surface area contributed by atoms with Crippen molar-refractivity contribution in [3.63, 3.8) is 0 Å². The van der Waals surface area contributed by atoms with Crippen molar-refractivity contribution < 1.29 is 19.4 Å². The van der Waals surface area contributed by atoms with E-state index >= 15 is 0 Å². The summed E-state index contributed by atoms with van der Waals surface area (Å²) in [5.41, 5.74) is 5.10. The van der Waals surface area contributed by atoms with Gasteiger partial charge in [0.15, 0.2) is 0 Å². The molecule has 1 rings (SSSR count). The molecule has 0 atom stereocenters. The Hall–Kier alpha value is -1.75. The molecule has 0 saturated carbocycles. The second-order valence-corrected chi connectivity index (χ2v) is 3.94. The topological polar surface area (TPSA) is 81.8 Å². The highest BCUT2D eigenvalue weighted by atomic mass is 16.7. The van der Waals surface area contributed by atoms with Crippen molar-refractivity contribution >= 4 is 11.8 Å². The Bertz CT molecular complexity index is 359. The Morgan fingerprint density at radius 1 is 1.38 bits per heavy atom. The van der Waals surface area contributed by atoms with Crippen LogP contribution in [0.2, 0.25) is 0 Å². The van der Waals surface area contributed by atoms with Gasteiger partial charge in [0, 0.05) is 5.69 Å². The standard InChI is InChI=1S/C11H15NO4/c1-11(2,7-13)16-10(14)15-9-5-3-8(12)4-6-9/h3-6,13H,7,12H2,1-2H3. The van der Waals surface area contributed by atoms with E-state index in [9.17, 15) is 4.79 Å². The van der Waals surface area contributed by atoms with Crippen LogP contribution in [0.1, 0.15) is 13.8 Å². The molecule has 0 saturated heterocycles. The molecule has 0 bridgehead atoms. The van der Waals surface area contributed by atoms with Gasteiger partial charge in [0.25, 0.3) is 0 Å². The highest BCUT2D eigenvalue weighted by Crippen LogP contribution is 2.15. The van der Waals surface area contributed by atoms with Crippen LogP contribution in [-0.2, 0) is 4.74 Å². The van der Waals surface area contributed by atoms with E-state index in [1.165, 1.54) is 0 Å². The lowest BCUT2D eigenvalue weighted by molar-refractivity contribution is -0.0243. The number of carbonyl (C=O) groups excluding carboxylic acids is 1. The summed E-state index contributed by atoms with van der Waals surface area (Å²) >= 11 is 0. The average Bonchev–Trinajstić information content (AvgIpc) is 2.21. The lowest BCUT2D eigenvalue weighted by Gasteiger charge is -2.21. The Kier molecular flexibility index (Phi) is 3.73. The number of hydrogen-bond donors (Lipinski definition) is 2. The van der Waals surface area contributed by atoms with Crippen LogP contribution in [0.15, 0.2) is 24.3 Å². The van der Waals surface area contributed by atoms with E-state index in [0.29, 0.717) is 11.4 Å². The van der Waals surface area contributed by atoms with Crippen molar-refractivity contribution in [2.45, 2.75) is 19.4 Å². The van der Waals surface area contributed by atoms with Crippen LogP contribution >= 0.6 is 0 Å². The molecule has 0 amide bonds. The summed E-state index contributed by atoms with van der Waals surface area (Å²) in [5, 5.41) is 8.90. The Labute approximate surface area is 93.8 Å². The number of aliphatic hydroxyl groups excluding tert-OH is 1. The summed E-state index contributed by atoms with van der Waals surface area (Å²) in [6, 6.07) is 6.34. The molecule has 5 nitrogen and oxygen atoms in total. The first-order valence-electron chi connectivity index (χ1n) is 4.80. The van der Waals surface area contributed by atoms with Gasteiger partial charge in [-0.1, -0.05) is 0 Å². The van der Waals surface area contributed by atoms with Gasteiger partial charge in [-0.05, 0) is 38.1 Å². The van der Waals surface area contributed by atoms with Crippen molar-refractivity contribution in [2.24, 2.45) is 0 Å². The molecule has 0 unspecified atom stereocenters. The SMILES string of the molecule is CC(C)(CO)OC(=O)Oc1ccc(N)cc1. The second kappa shape index (κ2) is 4.85. The third-order valence-corrected chi connectivity index (χ3v) is 1.82. The van der Waals surface area contributed by atoms with E-state index in [1.807, 2.05) is 0 Å². The van der Waals surface area contributed by atoms with Crippen molar-refractivity contribution in [2.75, 3.05) is 12.3 Å². The minimum absolute atomic E-state index is 0.274. The number of rotatable bonds is 3. The summed E-state index contributed by atoms with van der Waals surface area (Å²) in [4.78, 5) is 11.3. The van der Waals surface area contributed by atoms with Crippen LogP contribution in [0.3, 0.4) is 0 Å². The van der Waals surface area contributed by atoms with E-state index in [2.05, 4.69) is 0 Å². The summed E-state index contributed by atoms with van der Waals surface area (Å²) in [6.45, 7) is 2.89. The number of benzene rings is 1. The molecule has 0 aliphatic carbocycles. The van der Waals surface area contributed by atoms with Crippen LogP contribution in [0.25, 0.3) is 0 Å². The molecule has 0 heterocycles. The second-order valence-electron chi connectivity index (χ2n) is 3.94. The molecule has 3 N–H and O–H groups in total. The number of hydrogen-bond acceptors (Lipinski definition) is 5. The largest absolute Gasteiger partial charge is 0.514 e. The number of ether oxygens (including phenoxy) is 2. The number of nitrogen functional groups attached to an aromatic ring is 1. The van der Waals surface area contributed by atoms with Crippen LogP contribution in [-0.4, -0.2) is 23.5 Å². The molecular weight excluding hydrogens is 210 g/mol. The average molecular weight is 225 g/mol. The van der Waals surface area contributed by atoms with Gasteiger partial charge in [-0.15, -0.1) is 0 Å². The molecule has 0 aliphatic rings. The van der Waals surface area contributed by atoms with Crippen molar-refractivity contribution in [1.29, 1.82) is 0 Å². The van der Waals surface area contributed by atoms with Crippen LogP contribution in [0, 0.1) is 0 Å². The lowest BCUT2D eigenvalue weighted by Crippen LogP contribution is -2.33. The zero-order valence-corrected chi connectivity index (χ0v) is 9.27. The first kappa shape index (κ1) is 12.3. The molecule has 5 heteroatoms. The summed E-state index contributed by atoms with van der Waals surface area (Å²) in [7, 11) is 0. The maximum Gasteiger partial charge on any atom is 0.514 e. The third kappa shape index (κ3) is 3.78. The molecule has 0 radical (unpaired) electrons. The van der Waals surface area contributed by atoms with Crippen molar-refractivity contribution in [3.05, 3.63) is 24.3 Å². The normalized spacial score (nSPS) is 10.9. The molecule has 0 aliphatic heterocycles. The van der Waals surface area contributed by atoms with Gasteiger partial charge < -0.3 is 20.3 Å². The van der Waals surface area contributed by atoms with Gasteiger partial charge in [0.1, 0.15) is 11.4 Å². The molecule has 88 valence electrons. The fourth-order valence-corrected chi connectivity index (χ4v) is 0.911. The maximum atomic E-state index is 11.3. The quantitative estimate of drug-likeness (QED) is 0.463. The lowest BCUT2D eigenvalue weighted by atomic mass is 10.2. The zero-order valence-electron chi connectivity index (χ0n) is 9.27. The highest BCUT2D eigenvalue weighted by molar-refractivity contribution is 5.64. The highest BCUT2D eigenvalue weighted by Gasteiger charge is 2.23. The molecule has 0 aromatic heterocycles. The van der Waals surface area contributed by atoms with Gasteiger partial charge in [0.05, 0.1) is 6.61 Å². The predicted molar refractivity (Wildman–Crippen MR) is 59.1 cm³/mol. The molecular formula is C11H15NO4. The van der Waals surface area contributed by atoms with E-state index in [0.717, 1.165) is 0 Å². The third-order valence-electron chi connectivity index (χ3n) is 1.82. The Balaban J connectivity index is 2.55. The van der Waals surface area contributed by atoms with E-state index < -0.39 is 11.8 Å². The Morgan fingerprint density at radius 3 is 2.44 bits per heavy atom. The van der Waals surface area contributed by atoms with Crippen LogP contribution in [0.4, 0.5) is 10.5 Å². The molecule has 1 aromatic carbocycles. The number of aliphatic hydroxyl groups is 1. The summed E-state index contributed by atoms with van der Waals surface area (Å²) in [6.07, 6.45) is -0.858. The molecule has 16 heavy (non-hydrogen) atoms. The number of anilines is 1. The van der Waals surface area contributed by atoms with Crippen molar-refractivity contribution in [3.8, 4) is 5.75 Å². The minimum Gasteiger partial charge on any atom is -0.426 e. The van der Waals surface area contributed by atoms with Gasteiger partial charge in [0.2, 0.25) is 0 Å². The molecule has 0 fully saturated rings. The maximum absolute atomic E-state index is 11.3. The van der Waals surface area contributed by atoms with Crippen LogP contribution in [0.5, 0.6) is 5.75 Å². The van der Waals surface area contributed by atoms with Gasteiger partial charge in [-0.2, -0.15) is 0 Å². The summed E-state index contributed by atoms with van der Waals surface area (Å²) in [5.74, 6) is 0.341. The number of nitrogens with two attached hydrogens (primary N) is 1. The number of carbonyl (C=O) groups is 1. The molecule has 0 spiro atoms. The monoisotopic (exact) mass is 225 g/mol. The fourth-order valence-electron chi connectivity index (χ4n) is 0.911. The van der Waals surface area contributed by atoms with Gasteiger partial charge in [-0.3, -0.25) is 0 Å². The van der Waals surface area contributed by atoms with Gasteiger partial charge in [-0.25, -0.2) is 4.79 Å². The minimum atomic E-state index is -0.953. The summed E-state index contributed by atoms with van der Waals surface area (Å²) < 4.78 is 9.76. The Morgan fingerprint density at radius 2 is 1.94 bits per heavy atom. The van der Waals surface area contributed by atoms with E-state index in [1.54, 1.807) is 38.1 Å².